The molecule has 0 unspecified atom stereocenters. The van der Waals surface area contributed by atoms with Crippen LogP contribution in [0.5, 0.6) is 0 Å². The lowest BCUT2D eigenvalue weighted by Gasteiger charge is -2.37. The maximum absolute atomic E-state index is 13.6. The van der Waals surface area contributed by atoms with Crippen LogP contribution in [0.15, 0.2) is 91.0 Å². The number of nitrogens with zero attached hydrogens (tertiary/aromatic N) is 1. The zero-order valence-corrected chi connectivity index (χ0v) is 16.1. The number of anilines is 1. The number of imide groups is 1. The minimum atomic E-state index is -0.316. The maximum Gasteiger partial charge on any atom is 0.238 e. The van der Waals surface area contributed by atoms with Crippen molar-refractivity contribution in [1.82, 2.24) is 0 Å². The van der Waals surface area contributed by atoms with Crippen molar-refractivity contribution in [2.45, 2.75) is 24.7 Å². The van der Waals surface area contributed by atoms with Gasteiger partial charge in [0.05, 0.1) is 17.5 Å². The molecule has 2 fully saturated rings. The molecule has 4 atom stereocenters. The number of amides is 2. The van der Waals surface area contributed by atoms with Crippen molar-refractivity contribution >= 4 is 17.5 Å². The Labute approximate surface area is 171 Å². The number of rotatable bonds is 3. The molecule has 0 spiro atoms. The molecule has 144 valence electrons. The average Bonchev–Trinajstić information content (AvgIpc) is 3.06. The van der Waals surface area contributed by atoms with E-state index >= 15 is 0 Å². The van der Waals surface area contributed by atoms with Gasteiger partial charge in [-0.2, -0.15) is 0 Å². The smallest absolute Gasteiger partial charge is 0.238 e. The van der Waals surface area contributed by atoms with Gasteiger partial charge in [0.2, 0.25) is 11.8 Å². The molecule has 3 nitrogen and oxygen atoms in total. The monoisotopic (exact) mass is 381 g/mol. The Morgan fingerprint density at radius 2 is 0.931 bits per heavy atom. The lowest BCUT2D eigenvalue weighted by Crippen LogP contribution is -2.34. The van der Waals surface area contributed by atoms with E-state index in [0.29, 0.717) is 5.69 Å². The second-order valence-electron chi connectivity index (χ2n) is 8.01. The van der Waals surface area contributed by atoms with Crippen LogP contribution in [-0.2, 0) is 9.59 Å². The fourth-order valence-corrected chi connectivity index (χ4v) is 5.26. The van der Waals surface area contributed by atoms with Gasteiger partial charge in [0, 0.05) is 0 Å². The van der Waals surface area contributed by atoms with E-state index in [-0.39, 0.29) is 35.5 Å². The van der Waals surface area contributed by atoms with Gasteiger partial charge < -0.3 is 0 Å². The highest BCUT2D eigenvalue weighted by molar-refractivity contribution is 6.22. The van der Waals surface area contributed by atoms with Crippen molar-refractivity contribution in [3.05, 3.63) is 102 Å². The summed E-state index contributed by atoms with van der Waals surface area (Å²) in [6, 6.07) is 29.8. The van der Waals surface area contributed by atoms with Crippen LogP contribution in [0, 0.1) is 11.8 Å². The van der Waals surface area contributed by atoms with E-state index < -0.39 is 0 Å². The molecule has 3 heteroatoms. The van der Waals surface area contributed by atoms with Crippen LogP contribution in [0.2, 0.25) is 0 Å². The summed E-state index contributed by atoms with van der Waals surface area (Å²) < 4.78 is 0. The molecule has 0 bridgehead atoms. The van der Waals surface area contributed by atoms with E-state index in [9.17, 15) is 9.59 Å². The first-order valence-corrected chi connectivity index (χ1v) is 10.3. The zero-order valence-electron chi connectivity index (χ0n) is 16.1. The highest BCUT2D eigenvalue weighted by Gasteiger charge is 2.56. The van der Waals surface area contributed by atoms with E-state index in [1.807, 2.05) is 66.7 Å². The number of para-hydroxylation sites is 1. The van der Waals surface area contributed by atoms with Crippen LogP contribution < -0.4 is 4.90 Å². The van der Waals surface area contributed by atoms with Crippen molar-refractivity contribution in [3.63, 3.8) is 0 Å². The summed E-state index contributed by atoms with van der Waals surface area (Å²) in [5, 5.41) is 0. The molecular weight excluding hydrogens is 358 g/mol. The Hall–Kier alpha value is -3.20. The molecule has 29 heavy (non-hydrogen) atoms. The number of carbonyl (C=O) groups excluding carboxylic acids is 2. The Balaban J connectivity index is 1.60. The predicted molar refractivity (Wildman–Crippen MR) is 114 cm³/mol. The Kier molecular flexibility index (Phi) is 4.51. The summed E-state index contributed by atoms with van der Waals surface area (Å²) in [5.41, 5.74) is 2.99. The summed E-state index contributed by atoms with van der Waals surface area (Å²) in [4.78, 5) is 28.7. The zero-order chi connectivity index (χ0) is 19.8. The molecule has 3 aromatic rings. The Bertz CT molecular complexity index is 951. The van der Waals surface area contributed by atoms with Gasteiger partial charge in [-0.15, -0.1) is 0 Å². The van der Waals surface area contributed by atoms with Gasteiger partial charge in [-0.3, -0.25) is 14.5 Å². The summed E-state index contributed by atoms with van der Waals surface area (Å²) >= 11 is 0. The SMILES string of the molecule is O=C1[C@@H]2[C@H](C(=O)N1c1ccccc1)[C@H](c1ccccc1)CC[C@@H]2c1ccccc1. The third-order valence-corrected chi connectivity index (χ3v) is 6.52. The lowest BCUT2D eigenvalue weighted by atomic mass is 9.64. The van der Waals surface area contributed by atoms with E-state index in [1.54, 1.807) is 0 Å². The van der Waals surface area contributed by atoms with E-state index in [0.717, 1.165) is 24.0 Å². The van der Waals surface area contributed by atoms with Gasteiger partial charge in [0.25, 0.3) is 0 Å². The van der Waals surface area contributed by atoms with Gasteiger partial charge >= 0.3 is 0 Å². The van der Waals surface area contributed by atoms with E-state index in [1.165, 1.54) is 4.90 Å². The van der Waals surface area contributed by atoms with Crippen molar-refractivity contribution < 1.29 is 9.59 Å². The van der Waals surface area contributed by atoms with Crippen molar-refractivity contribution in [2.75, 3.05) is 4.90 Å². The number of hydrogen-bond donors (Lipinski definition) is 0. The highest BCUT2D eigenvalue weighted by Crippen LogP contribution is 2.53. The minimum Gasteiger partial charge on any atom is -0.274 e. The Morgan fingerprint density at radius 1 is 0.552 bits per heavy atom. The standard InChI is InChI=1S/C26H23NO2/c28-25-23-21(18-10-4-1-5-11-18)16-17-22(19-12-6-2-7-13-19)24(23)26(29)27(25)20-14-8-3-9-15-20/h1-15,21-24H,16-17H2/t21-,22+,23+,24-. The number of hydrogen-bond acceptors (Lipinski definition) is 2. The molecule has 0 aromatic heterocycles. The minimum absolute atomic E-state index is 0.0549. The summed E-state index contributed by atoms with van der Waals surface area (Å²) in [5.74, 6) is -0.591. The third kappa shape index (κ3) is 2.98. The molecule has 2 aliphatic rings. The van der Waals surface area contributed by atoms with Crippen molar-refractivity contribution in [1.29, 1.82) is 0 Å². The highest BCUT2D eigenvalue weighted by atomic mass is 16.2. The molecule has 2 amide bonds. The molecule has 3 aromatic carbocycles. The quantitative estimate of drug-likeness (QED) is 0.588. The molecule has 1 saturated carbocycles. The van der Waals surface area contributed by atoms with Gasteiger partial charge in [-0.1, -0.05) is 78.9 Å². The van der Waals surface area contributed by atoms with Crippen LogP contribution >= 0.6 is 0 Å². The summed E-state index contributed by atoms with van der Waals surface area (Å²) in [7, 11) is 0. The first-order valence-electron chi connectivity index (χ1n) is 10.3. The molecule has 1 heterocycles. The summed E-state index contributed by atoms with van der Waals surface area (Å²) in [6.45, 7) is 0. The van der Waals surface area contributed by atoms with Crippen LogP contribution in [0.4, 0.5) is 5.69 Å². The van der Waals surface area contributed by atoms with E-state index in [2.05, 4.69) is 24.3 Å². The summed E-state index contributed by atoms with van der Waals surface area (Å²) in [6.07, 6.45) is 1.82. The van der Waals surface area contributed by atoms with E-state index in [4.69, 9.17) is 0 Å². The van der Waals surface area contributed by atoms with Gasteiger partial charge in [0.1, 0.15) is 0 Å². The third-order valence-electron chi connectivity index (χ3n) is 6.52. The predicted octanol–water partition coefficient (Wildman–Crippen LogP) is 5.15. The molecular formula is C26H23NO2. The van der Waals surface area contributed by atoms with Crippen LogP contribution in [-0.4, -0.2) is 11.8 Å². The molecule has 5 rings (SSSR count). The normalized spacial score (nSPS) is 26.4. The molecule has 1 saturated heterocycles. The topological polar surface area (TPSA) is 37.4 Å². The average molecular weight is 381 g/mol. The second kappa shape index (κ2) is 7.32. The van der Waals surface area contributed by atoms with Crippen LogP contribution in [0.1, 0.15) is 35.8 Å². The van der Waals surface area contributed by atoms with Gasteiger partial charge in [-0.25, -0.2) is 0 Å². The molecule has 0 radical (unpaired) electrons. The second-order valence-corrected chi connectivity index (χ2v) is 8.01. The molecule has 1 aliphatic heterocycles. The van der Waals surface area contributed by atoms with Gasteiger partial charge in [-0.05, 0) is 47.9 Å². The number of benzene rings is 3. The van der Waals surface area contributed by atoms with Crippen molar-refractivity contribution in [3.8, 4) is 0 Å². The number of carbonyl (C=O) groups is 2. The first kappa shape index (κ1) is 17.9. The fourth-order valence-electron chi connectivity index (χ4n) is 5.26. The van der Waals surface area contributed by atoms with Crippen LogP contribution in [0.3, 0.4) is 0 Å². The first-order chi connectivity index (χ1) is 14.3. The Morgan fingerprint density at radius 3 is 1.34 bits per heavy atom. The van der Waals surface area contributed by atoms with Crippen LogP contribution in [0.25, 0.3) is 0 Å². The largest absolute Gasteiger partial charge is 0.274 e. The lowest BCUT2D eigenvalue weighted by molar-refractivity contribution is -0.122. The fraction of sp³-hybridized carbons (Fsp3) is 0.231. The molecule has 0 N–H and O–H groups in total. The molecule has 1 aliphatic carbocycles. The number of fused-ring (bicyclic) bond motifs is 1. The van der Waals surface area contributed by atoms with Gasteiger partial charge in [0.15, 0.2) is 0 Å². The van der Waals surface area contributed by atoms with Crippen molar-refractivity contribution in [2.24, 2.45) is 11.8 Å². The maximum atomic E-state index is 13.6.